The Balaban J connectivity index is 0.000000267. The van der Waals surface area contributed by atoms with E-state index in [0.717, 1.165) is 65.9 Å². The molecule has 15 nitrogen and oxygen atoms in total. The average Bonchev–Trinajstić information content (AvgIpc) is 3.33. The summed E-state index contributed by atoms with van der Waals surface area (Å²) >= 11 is 0. The number of anilines is 2. The van der Waals surface area contributed by atoms with Crippen molar-refractivity contribution < 1.29 is 60.8 Å². The molecule has 4 atom stereocenters. The number of carboxylic acids is 1. The maximum Gasteiger partial charge on any atom is 0.407 e. The fraction of sp³-hybridized carbons (Fsp3) is 0.407. The number of nitrogens with two attached hydrogens (primary N) is 1. The van der Waals surface area contributed by atoms with Gasteiger partial charge in [-0.3, -0.25) is 4.79 Å². The summed E-state index contributed by atoms with van der Waals surface area (Å²) in [5, 5.41) is 16.7. The van der Waals surface area contributed by atoms with Crippen LogP contribution in [0.15, 0.2) is 97.1 Å². The molecule has 6 N–H and O–H groups in total. The molecule has 19 heteroatoms. The molecule has 4 aromatic rings. The van der Waals surface area contributed by atoms with Crippen LogP contribution >= 0.6 is 0 Å². The number of halogens is 4. The molecule has 2 saturated heterocycles. The van der Waals surface area contributed by atoms with E-state index in [2.05, 4.69) is 37.9 Å². The molecule has 73 heavy (non-hydrogen) atoms. The predicted octanol–water partition coefficient (Wildman–Crippen LogP) is 9.08. The minimum Gasteiger partial charge on any atom is -0.478 e. The van der Waals surface area contributed by atoms with Crippen molar-refractivity contribution in [1.29, 1.82) is 0 Å². The van der Waals surface area contributed by atoms with Gasteiger partial charge in [-0.25, -0.2) is 31.9 Å². The number of carbonyl (C=O) groups is 4. The number of ether oxygens (including phenoxy) is 4. The molecule has 0 aliphatic carbocycles. The Hall–Kier alpha value is -6.96. The molecule has 0 bridgehead atoms. The lowest BCUT2D eigenvalue weighted by Gasteiger charge is -2.35. The van der Waals surface area contributed by atoms with Gasteiger partial charge in [0.2, 0.25) is 5.91 Å². The van der Waals surface area contributed by atoms with Crippen LogP contribution in [0, 0.1) is 23.3 Å². The second-order valence-corrected chi connectivity index (χ2v) is 19.2. The third-order valence-electron chi connectivity index (χ3n) is 10.6. The molecular formula is C54H68F4N6O9. The van der Waals surface area contributed by atoms with Crippen molar-refractivity contribution in [2.45, 2.75) is 90.9 Å². The van der Waals surface area contributed by atoms with Crippen LogP contribution in [0.5, 0.6) is 0 Å². The summed E-state index contributed by atoms with van der Waals surface area (Å²) in [6.07, 6.45) is 3.61. The van der Waals surface area contributed by atoms with Crippen molar-refractivity contribution in [3.05, 3.63) is 143 Å². The van der Waals surface area contributed by atoms with Gasteiger partial charge >= 0.3 is 18.2 Å². The van der Waals surface area contributed by atoms with E-state index in [0.29, 0.717) is 50.5 Å². The van der Waals surface area contributed by atoms with E-state index in [-0.39, 0.29) is 30.2 Å². The van der Waals surface area contributed by atoms with Gasteiger partial charge in [-0.2, -0.15) is 0 Å². The summed E-state index contributed by atoms with van der Waals surface area (Å²) in [6.45, 7) is 19.6. The molecule has 0 radical (unpaired) electrons. The Morgan fingerprint density at radius 3 is 1.53 bits per heavy atom. The molecule has 3 amide bonds. The summed E-state index contributed by atoms with van der Waals surface area (Å²) in [4.78, 5) is 50.6. The van der Waals surface area contributed by atoms with E-state index < -0.39 is 52.6 Å². The number of nitrogens with zero attached hydrogens (tertiary/aromatic N) is 2. The highest BCUT2D eigenvalue weighted by atomic mass is 19.2. The quantitative estimate of drug-likeness (QED) is 0.0631. The van der Waals surface area contributed by atoms with Gasteiger partial charge in [0.15, 0.2) is 23.3 Å². The Morgan fingerprint density at radius 2 is 1.11 bits per heavy atom. The van der Waals surface area contributed by atoms with Crippen molar-refractivity contribution in [3.8, 4) is 0 Å². The lowest BCUT2D eigenvalue weighted by atomic mass is 10.1. The van der Waals surface area contributed by atoms with Crippen molar-refractivity contribution >= 4 is 47.6 Å². The highest BCUT2D eigenvalue weighted by molar-refractivity contribution is 5.92. The van der Waals surface area contributed by atoms with Crippen LogP contribution in [0.1, 0.15) is 89.7 Å². The van der Waals surface area contributed by atoms with Crippen LogP contribution in [0.4, 0.5) is 38.5 Å². The van der Waals surface area contributed by atoms with Crippen LogP contribution < -0.4 is 31.5 Å². The normalized spacial score (nSPS) is 16.8. The second kappa shape index (κ2) is 27.8. The molecule has 2 heterocycles. The number of alkyl carbamates (subject to hydrolysis) is 2. The van der Waals surface area contributed by atoms with Gasteiger partial charge < -0.3 is 55.5 Å². The highest BCUT2D eigenvalue weighted by Gasteiger charge is 2.25. The number of hydrogen-bond acceptors (Lipinski definition) is 11. The lowest BCUT2D eigenvalue weighted by molar-refractivity contribution is -0.131. The third kappa shape index (κ3) is 21.7. The number of nitrogens with one attached hydrogen (secondary N) is 3. The Morgan fingerprint density at radius 1 is 0.671 bits per heavy atom. The number of carboxylic acid groups (broad SMARTS) is 1. The number of carbonyl (C=O) groups excluding carboxylic acids is 3. The summed E-state index contributed by atoms with van der Waals surface area (Å²) < 4.78 is 73.4. The molecule has 396 valence electrons. The first-order chi connectivity index (χ1) is 34.3. The van der Waals surface area contributed by atoms with Crippen molar-refractivity contribution in [1.82, 2.24) is 16.0 Å². The van der Waals surface area contributed by atoms with Crippen LogP contribution in [0.25, 0.3) is 12.2 Å². The van der Waals surface area contributed by atoms with E-state index in [1.54, 1.807) is 0 Å². The summed E-state index contributed by atoms with van der Waals surface area (Å²) in [5.74, 6) is -5.33. The SMILES string of the molecule is C[C@H](N)c1cccc(N2CCOC(CNC(=O)OC(C)(C)C)C2)c1.C[C@H](NC(=O)/C=C/c1ccc(F)c(F)c1)c1cccc(N2CCOC(CNC(=O)OC(C)(C)C)C2)c1.O=C(O)/C=C/c1ccc(F)c(F)c1. The van der Waals surface area contributed by atoms with Gasteiger partial charge in [0.1, 0.15) is 11.2 Å². The summed E-state index contributed by atoms with van der Waals surface area (Å²) in [6, 6.07) is 22.4. The number of hydrogen-bond donors (Lipinski definition) is 5. The zero-order valence-corrected chi connectivity index (χ0v) is 42.6. The molecular weight excluding hydrogens is 953 g/mol. The standard InChI is InChI=1S/C27H33F2N3O4.C18H29N3O3.C9H6F2O2/c1-18(31-25(33)11-9-19-8-10-23(28)24(29)14-19)20-6-5-7-21(15-20)32-12-13-35-22(17-32)16-30-26(34)36-27(2,3)4;1-13(19)14-6-5-7-15(10-14)21-8-9-23-16(12-21)11-20-17(22)24-18(2,3)4;10-7-3-1-6(5-8(7)11)2-4-9(12)13/h5-11,14-15,18,22H,12-13,16-17H2,1-4H3,(H,30,34)(H,31,33);5-7,10,13,16H,8-9,11-12,19H2,1-4H3,(H,20,22);1-5H,(H,12,13)/b11-9+;;4-2+/t18-,22?;13-,16?;/m00./s1. The van der Waals surface area contributed by atoms with Crippen LogP contribution in [-0.4, -0.2) is 105 Å². The maximum absolute atomic E-state index is 13.3. The number of morpholine rings is 2. The maximum atomic E-state index is 13.3. The topological polar surface area (TPSA) is 194 Å². The molecule has 2 fully saturated rings. The van der Waals surface area contributed by atoms with Gasteiger partial charge in [-0.15, -0.1) is 0 Å². The lowest BCUT2D eigenvalue weighted by Crippen LogP contribution is -2.48. The number of rotatable bonds is 13. The van der Waals surface area contributed by atoms with Crippen LogP contribution in [0.2, 0.25) is 0 Å². The Kier molecular flexibility index (Phi) is 22.3. The molecule has 2 unspecified atom stereocenters. The first-order valence-electron chi connectivity index (χ1n) is 23.8. The third-order valence-corrected chi connectivity index (χ3v) is 10.6. The van der Waals surface area contributed by atoms with E-state index in [1.165, 1.54) is 30.4 Å². The molecule has 0 saturated carbocycles. The van der Waals surface area contributed by atoms with E-state index in [9.17, 15) is 36.7 Å². The van der Waals surface area contributed by atoms with Crippen molar-refractivity contribution in [3.63, 3.8) is 0 Å². The fourth-order valence-corrected chi connectivity index (χ4v) is 7.09. The fourth-order valence-electron chi connectivity index (χ4n) is 7.09. The molecule has 0 aromatic heterocycles. The van der Waals surface area contributed by atoms with Crippen molar-refractivity contribution in [2.24, 2.45) is 5.73 Å². The van der Waals surface area contributed by atoms with Crippen LogP contribution in [-0.2, 0) is 28.5 Å². The van der Waals surface area contributed by atoms with Gasteiger partial charge in [-0.1, -0.05) is 36.4 Å². The zero-order chi connectivity index (χ0) is 53.9. The van der Waals surface area contributed by atoms with Crippen molar-refractivity contribution in [2.75, 3.05) is 62.3 Å². The van der Waals surface area contributed by atoms with E-state index >= 15 is 0 Å². The number of aliphatic carboxylic acids is 1. The molecule has 6 rings (SSSR count). The molecule has 2 aliphatic rings. The smallest absolute Gasteiger partial charge is 0.407 e. The summed E-state index contributed by atoms with van der Waals surface area (Å²) in [7, 11) is 0. The first kappa shape index (κ1) is 58.6. The van der Waals surface area contributed by atoms with E-state index in [1.807, 2.05) is 91.8 Å². The minimum absolute atomic E-state index is 0.00984. The zero-order valence-electron chi connectivity index (χ0n) is 42.6. The van der Waals surface area contributed by atoms with Gasteiger partial charge in [0.05, 0.1) is 31.5 Å². The molecule has 2 aliphatic heterocycles. The van der Waals surface area contributed by atoms with Crippen LogP contribution in [0.3, 0.4) is 0 Å². The van der Waals surface area contributed by atoms with E-state index in [4.69, 9.17) is 29.8 Å². The molecule has 4 aromatic carbocycles. The Bertz CT molecular complexity index is 2530. The van der Waals surface area contributed by atoms with Gasteiger partial charge in [0, 0.05) is 68.8 Å². The average molecular weight is 1020 g/mol. The monoisotopic (exact) mass is 1020 g/mol. The Labute approximate surface area is 424 Å². The minimum atomic E-state index is -1.13. The van der Waals surface area contributed by atoms with Gasteiger partial charge in [0.25, 0.3) is 0 Å². The van der Waals surface area contributed by atoms with Gasteiger partial charge in [-0.05, 0) is 138 Å². The number of benzene rings is 4. The summed E-state index contributed by atoms with van der Waals surface area (Å²) in [5.41, 5.74) is 9.75. The predicted molar refractivity (Wildman–Crippen MR) is 273 cm³/mol. The largest absolute Gasteiger partial charge is 0.478 e. The number of amides is 3. The highest BCUT2D eigenvalue weighted by Crippen LogP contribution is 2.24. The second-order valence-electron chi connectivity index (χ2n) is 19.2. The molecule has 0 spiro atoms. The first-order valence-corrected chi connectivity index (χ1v) is 23.8.